The number of hydrogen-bond acceptors (Lipinski definition) is 4. The molecule has 1 atom stereocenters. The molecule has 0 radical (unpaired) electrons. The van der Waals surface area contributed by atoms with Crippen molar-refractivity contribution >= 4 is 0 Å². The molecular formula is C16H23N3O. The molecule has 4 heteroatoms. The van der Waals surface area contributed by atoms with Crippen LogP contribution in [0.4, 0.5) is 0 Å². The van der Waals surface area contributed by atoms with E-state index >= 15 is 0 Å². The van der Waals surface area contributed by atoms with Gasteiger partial charge in [0.1, 0.15) is 0 Å². The molecule has 0 bridgehead atoms. The zero-order chi connectivity index (χ0) is 14.4. The first kappa shape index (κ1) is 15.0. The molecule has 4 nitrogen and oxygen atoms in total. The van der Waals surface area contributed by atoms with E-state index in [1.807, 2.05) is 12.1 Å². The van der Waals surface area contributed by atoms with Gasteiger partial charge in [0.2, 0.25) is 0 Å². The predicted molar refractivity (Wildman–Crippen MR) is 79.3 cm³/mol. The van der Waals surface area contributed by atoms with Crippen LogP contribution >= 0.6 is 0 Å². The molecule has 1 saturated heterocycles. The lowest BCUT2D eigenvalue weighted by Crippen LogP contribution is -2.33. The lowest BCUT2D eigenvalue weighted by atomic mass is 10.1. The smallest absolute Gasteiger partial charge is 0.0991 e. The summed E-state index contributed by atoms with van der Waals surface area (Å²) >= 11 is 0. The van der Waals surface area contributed by atoms with E-state index in [0.29, 0.717) is 12.1 Å². The third kappa shape index (κ3) is 4.04. The second-order valence-electron chi connectivity index (χ2n) is 5.34. The van der Waals surface area contributed by atoms with Crippen molar-refractivity contribution in [1.82, 2.24) is 9.80 Å². The summed E-state index contributed by atoms with van der Waals surface area (Å²) in [5.41, 5.74) is 1.52. The fourth-order valence-electron chi connectivity index (χ4n) is 2.65. The lowest BCUT2D eigenvalue weighted by Gasteiger charge is -2.23. The summed E-state index contributed by atoms with van der Waals surface area (Å²) in [5, 5.41) is 19.1. The second kappa shape index (κ2) is 7.39. The largest absolute Gasteiger partial charge is 0.387 e. The summed E-state index contributed by atoms with van der Waals surface area (Å²) in [6.45, 7) is 8.26. The Kier molecular flexibility index (Phi) is 5.54. The number of hydrogen-bond donors (Lipinski definition) is 1. The maximum Gasteiger partial charge on any atom is 0.0991 e. The van der Waals surface area contributed by atoms with Crippen molar-refractivity contribution < 1.29 is 5.11 Å². The summed E-state index contributed by atoms with van der Waals surface area (Å²) in [5.74, 6) is 0. The van der Waals surface area contributed by atoms with Crippen molar-refractivity contribution in [3.05, 3.63) is 35.4 Å². The number of rotatable bonds is 4. The van der Waals surface area contributed by atoms with Crippen LogP contribution in [0, 0.1) is 11.3 Å². The molecule has 1 aromatic carbocycles. The predicted octanol–water partition coefficient (Wildman–Crippen LogP) is 1.62. The highest BCUT2D eigenvalue weighted by Crippen LogP contribution is 2.16. The Bertz CT molecular complexity index is 452. The van der Waals surface area contributed by atoms with Crippen molar-refractivity contribution in [3.8, 4) is 6.07 Å². The highest BCUT2D eigenvalue weighted by molar-refractivity contribution is 5.32. The van der Waals surface area contributed by atoms with Gasteiger partial charge in [0.25, 0.3) is 0 Å². The van der Waals surface area contributed by atoms with E-state index in [0.717, 1.165) is 44.7 Å². The fraction of sp³-hybridized carbons (Fsp3) is 0.562. The van der Waals surface area contributed by atoms with Crippen LogP contribution < -0.4 is 0 Å². The van der Waals surface area contributed by atoms with Crippen molar-refractivity contribution in [2.75, 3.05) is 39.3 Å². The Morgan fingerprint density at radius 3 is 2.45 bits per heavy atom. The Balaban J connectivity index is 1.90. The standard InChI is InChI=1S/C16H23N3O/c1-2-18-8-3-9-19(11-10-18)13-16(20)15-6-4-14(12-17)5-7-15/h4-7,16,20H,2-3,8-11,13H2,1H3. The van der Waals surface area contributed by atoms with Crippen LogP contribution in [-0.2, 0) is 0 Å². The first-order valence-corrected chi connectivity index (χ1v) is 7.35. The second-order valence-corrected chi connectivity index (χ2v) is 5.34. The normalized spacial score (nSPS) is 19.2. The molecule has 0 aliphatic carbocycles. The van der Waals surface area contributed by atoms with Gasteiger partial charge in [-0.05, 0) is 43.8 Å². The monoisotopic (exact) mass is 273 g/mol. The van der Waals surface area contributed by atoms with Crippen LogP contribution in [0.15, 0.2) is 24.3 Å². The van der Waals surface area contributed by atoms with Crippen molar-refractivity contribution in [3.63, 3.8) is 0 Å². The highest BCUT2D eigenvalue weighted by Gasteiger charge is 2.17. The summed E-state index contributed by atoms with van der Waals surface area (Å²) in [7, 11) is 0. The topological polar surface area (TPSA) is 50.5 Å². The van der Waals surface area contributed by atoms with Crippen LogP contribution in [0.25, 0.3) is 0 Å². The number of β-amino-alcohol motifs (C(OH)–C–C–N with tert-alkyl or cyclic N) is 1. The fourth-order valence-corrected chi connectivity index (χ4v) is 2.65. The van der Waals surface area contributed by atoms with E-state index in [1.54, 1.807) is 12.1 Å². The highest BCUT2D eigenvalue weighted by atomic mass is 16.3. The minimum absolute atomic E-state index is 0.476. The Morgan fingerprint density at radius 1 is 1.15 bits per heavy atom. The molecule has 1 unspecified atom stereocenters. The van der Waals surface area contributed by atoms with Gasteiger partial charge in [-0.1, -0.05) is 19.1 Å². The third-order valence-electron chi connectivity index (χ3n) is 3.98. The molecule has 1 aromatic rings. The van der Waals surface area contributed by atoms with Gasteiger partial charge in [0, 0.05) is 19.6 Å². The van der Waals surface area contributed by atoms with E-state index in [4.69, 9.17) is 5.26 Å². The summed E-state index contributed by atoms with van der Waals surface area (Å²) < 4.78 is 0. The van der Waals surface area contributed by atoms with E-state index in [1.165, 1.54) is 0 Å². The molecule has 0 amide bonds. The number of nitrogens with zero attached hydrogens (tertiary/aromatic N) is 3. The first-order valence-electron chi connectivity index (χ1n) is 7.35. The Hall–Kier alpha value is -1.41. The van der Waals surface area contributed by atoms with Gasteiger partial charge in [-0.25, -0.2) is 0 Å². The molecular weight excluding hydrogens is 250 g/mol. The van der Waals surface area contributed by atoms with Gasteiger partial charge in [-0.3, -0.25) is 4.90 Å². The van der Waals surface area contributed by atoms with E-state index in [-0.39, 0.29) is 0 Å². The molecule has 1 N–H and O–H groups in total. The zero-order valence-electron chi connectivity index (χ0n) is 12.1. The van der Waals surface area contributed by atoms with Gasteiger partial charge in [-0.15, -0.1) is 0 Å². The number of likely N-dealkylation sites (N-methyl/N-ethyl adjacent to an activating group) is 1. The number of nitriles is 1. The maximum atomic E-state index is 10.3. The van der Waals surface area contributed by atoms with Gasteiger partial charge >= 0.3 is 0 Å². The molecule has 1 aliphatic heterocycles. The molecule has 108 valence electrons. The average molecular weight is 273 g/mol. The molecule has 1 heterocycles. The Morgan fingerprint density at radius 2 is 1.80 bits per heavy atom. The minimum atomic E-state index is -0.476. The van der Waals surface area contributed by atoms with Crippen molar-refractivity contribution in [2.45, 2.75) is 19.4 Å². The molecule has 20 heavy (non-hydrogen) atoms. The zero-order valence-corrected chi connectivity index (χ0v) is 12.1. The lowest BCUT2D eigenvalue weighted by molar-refractivity contribution is 0.115. The first-order chi connectivity index (χ1) is 9.72. The number of benzene rings is 1. The van der Waals surface area contributed by atoms with Crippen molar-refractivity contribution in [2.24, 2.45) is 0 Å². The molecule has 1 aliphatic rings. The van der Waals surface area contributed by atoms with Gasteiger partial charge < -0.3 is 10.0 Å². The number of aliphatic hydroxyl groups is 1. The average Bonchev–Trinajstić information content (AvgIpc) is 2.72. The third-order valence-corrected chi connectivity index (χ3v) is 3.98. The van der Waals surface area contributed by atoms with Crippen LogP contribution in [-0.4, -0.2) is 54.2 Å². The van der Waals surface area contributed by atoms with Crippen LogP contribution in [0.5, 0.6) is 0 Å². The summed E-state index contributed by atoms with van der Waals surface area (Å²) in [4.78, 5) is 4.78. The SMILES string of the molecule is CCN1CCCN(CC(O)c2ccc(C#N)cc2)CC1. The van der Waals surface area contributed by atoms with Gasteiger partial charge in [0.05, 0.1) is 17.7 Å². The van der Waals surface area contributed by atoms with Gasteiger partial charge in [-0.2, -0.15) is 5.26 Å². The molecule has 2 rings (SSSR count). The van der Waals surface area contributed by atoms with Crippen LogP contribution in [0.3, 0.4) is 0 Å². The van der Waals surface area contributed by atoms with Crippen LogP contribution in [0.1, 0.15) is 30.6 Å². The van der Waals surface area contributed by atoms with Gasteiger partial charge in [0.15, 0.2) is 0 Å². The van der Waals surface area contributed by atoms with E-state index in [9.17, 15) is 5.11 Å². The summed E-state index contributed by atoms with van der Waals surface area (Å²) in [6, 6.07) is 9.32. The molecule has 0 spiro atoms. The summed E-state index contributed by atoms with van der Waals surface area (Å²) in [6.07, 6.45) is 0.685. The molecule has 0 saturated carbocycles. The maximum absolute atomic E-state index is 10.3. The quantitative estimate of drug-likeness (QED) is 0.905. The molecule has 1 fully saturated rings. The Labute approximate surface area is 121 Å². The number of aliphatic hydroxyl groups excluding tert-OH is 1. The van der Waals surface area contributed by atoms with Crippen LogP contribution in [0.2, 0.25) is 0 Å². The van der Waals surface area contributed by atoms with E-state index in [2.05, 4.69) is 22.8 Å². The molecule has 0 aromatic heterocycles. The minimum Gasteiger partial charge on any atom is -0.387 e. The van der Waals surface area contributed by atoms with Crippen molar-refractivity contribution in [1.29, 1.82) is 5.26 Å². The van der Waals surface area contributed by atoms with E-state index < -0.39 is 6.10 Å².